The SMILES string of the molecule is Cc1nnc(CSCc2ccc(Br)c(C)c2)o1. The first-order chi connectivity index (χ1) is 8.15. The van der Waals surface area contributed by atoms with E-state index in [2.05, 4.69) is 51.3 Å². The molecule has 0 aliphatic rings. The summed E-state index contributed by atoms with van der Waals surface area (Å²) in [5, 5.41) is 7.77. The predicted molar refractivity (Wildman–Crippen MR) is 72.9 cm³/mol. The molecule has 0 radical (unpaired) electrons. The maximum Gasteiger partial charge on any atom is 0.226 e. The van der Waals surface area contributed by atoms with Crippen LogP contribution in [0.4, 0.5) is 0 Å². The van der Waals surface area contributed by atoms with Crippen LogP contribution in [0.15, 0.2) is 27.1 Å². The third kappa shape index (κ3) is 3.57. The Hall–Kier alpha value is -0.810. The zero-order valence-electron chi connectivity index (χ0n) is 9.74. The highest BCUT2D eigenvalue weighted by Crippen LogP contribution is 2.21. The molecule has 5 heteroatoms. The lowest BCUT2D eigenvalue weighted by molar-refractivity contribution is 0.485. The zero-order chi connectivity index (χ0) is 12.3. The molecule has 1 aromatic heterocycles. The van der Waals surface area contributed by atoms with Crippen molar-refractivity contribution < 1.29 is 4.42 Å². The number of benzene rings is 1. The van der Waals surface area contributed by atoms with Crippen LogP contribution in [-0.4, -0.2) is 10.2 Å². The first-order valence-electron chi connectivity index (χ1n) is 5.27. The molecule has 0 amide bonds. The molecule has 90 valence electrons. The molecule has 0 saturated heterocycles. The second-order valence-corrected chi connectivity index (χ2v) is 5.63. The Kier molecular flexibility index (Phi) is 4.23. The molecule has 2 aromatic rings. The average Bonchev–Trinajstić information content (AvgIpc) is 2.70. The van der Waals surface area contributed by atoms with Gasteiger partial charge in [-0.05, 0) is 24.1 Å². The van der Waals surface area contributed by atoms with Gasteiger partial charge in [-0.2, -0.15) is 0 Å². The Balaban J connectivity index is 1.87. The third-order valence-corrected chi connectivity index (χ3v) is 4.16. The van der Waals surface area contributed by atoms with Gasteiger partial charge in [0, 0.05) is 17.1 Å². The minimum Gasteiger partial charge on any atom is -0.425 e. The minimum absolute atomic E-state index is 0.625. The van der Waals surface area contributed by atoms with E-state index in [-0.39, 0.29) is 0 Å². The van der Waals surface area contributed by atoms with Gasteiger partial charge in [0.2, 0.25) is 11.8 Å². The molecular weight excluding hydrogens is 300 g/mol. The average molecular weight is 313 g/mol. The second kappa shape index (κ2) is 5.69. The van der Waals surface area contributed by atoms with E-state index in [1.807, 2.05) is 0 Å². The largest absolute Gasteiger partial charge is 0.425 e. The molecule has 0 atom stereocenters. The zero-order valence-corrected chi connectivity index (χ0v) is 12.1. The highest BCUT2D eigenvalue weighted by Gasteiger charge is 2.03. The molecule has 3 nitrogen and oxygen atoms in total. The summed E-state index contributed by atoms with van der Waals surface area (Å²) in [4.78, 5) is 0. The standard InChI is InChI=1S/C12H13BrN2OS/c1-8-5-10(3-4-11(8)13)6-17-7-12-15-14-9(2)16-12/h3-5H,6-7H2,1-2H3. The van der Waals surface area contributed by atoms with Gasteiger partial charge in [-0.1, -0.05) is 28.1 Å². The first kappa shape index (κ1) is 12.6. The lowest BCUT2D eigenvalue weighted by atomic mass is 10.2. The van der Waals surface area contributed by atoms with E-state index in [0.717, 1.165) is 16.0 Å². The van der Waals surface area contributed by atoms with Gasteiger partial charge in [-0.15, -0.1) is 22.0 Å². The highest BCUT2D eigenvalue weighted by atomic mass is 79.9. The van der Waals surface area contributed by atoms with Crippen LogP contribution in [0.3, 0.4) is 0 Å². The third-order valence-electron chi connectivity index (χ3n) is 2.28. The van der Waals surface area contributed by atoms with Crippen LogP contribution in [0.1, 0.15) is 22.9 Å². The van der Waals surface area contributed by atoms with Crippen LogP contribution in [0, 0.1) is 13.8 Å². The fourth-order valence-electron chi connectivity index (χ4n) is 1.45. The fraction of sp³-hybridized carbons (Fsp3) is 0.333. The Morgan fingerprint density at radius 1 is 1.24 bits per heavy atom. The van der Waals surface area contributed by atoms with Crippen molar-refractivity contribution in [3.05, 3.63) is 45.6 Å². The van der Waals surface area contributed by atoms with E-state index in [9.17, 15) is 0 Å². The molecule has 2 rings (SSSR count). The van der Waals surface area contributed by atoms with E-state index in [1.165, 1.54) is 11.1 Å². The van der Waals surface area contributed by atoms with Crippen LogP contribution < -0.4 is 0 Å². The number of hydrogen-bond acceptors (Lipinski definition) is 4. The lowest BCUT2D eigenvalue weighted by Gasteiger charge is -2.03. The monoisotopic (exact) mass is 312 g/mol. The summed E-state index contributed by atoms with van der Waals surface area (Å²) in [6, 6.07) is 6.40. The number of halogens is 1. The maximum atomic E-state index is 5.31. The van der Waals surface area contributed by atoms with Crippen molar-refractivity contribution in [2.45, 2.75) is 25.4 Å². The summed E-state index contributed by atoms with van der Waals surface area (Å²) in [5.74, 6) is 3.03. The van der Waals surface area contributed by atoms with Crippen LogP contribution >= 0.6 is 27.7 Å². The molecular formula is C12H13BrN2OS. The van der Waals surface area contributed by atoms with E-state index < -0.39 is 0 Å². The van der Waals surface area contributed by atoms with Gasteiger partial charge in [-0.3, -0.25) is 0 Å². The van der Waals surface area contributed by atoms with Crippen LogP contribution in [-0.2, 0) is 11.5 Å². The number of nitrogens with zero attached hydrogens (tertiary/aromatic N) is 2. The number of thioether (sulfide) groups is 1. The molecule has 17 heavy (non-hydrogen) atoms. The fourth-order valence-corrected chi connectivity index (χ4v) is 2.50. The lowest BCUT2D eigenvalue weighted by Crippen LogP contribution is -1.85. The molecule has 0 aliphatic heterocycles. The van der Waals surface area contributed by atoms with E-state index in [1.54, 1.807) is 18.7 Å². The van der Waals surface area contributed by atoms with Crippen LogP contribution in [0.5, 0.6) is 0 Å². The highest BCUT2D eigenvalue weighted by molar-refractivity contribution is 9.10. The van der Waals surface area contributed by atoms with Gasteiger partial charge in [0.25, 0.3) is 0 Å². The second-order valence-electron chi connectivity index (χ2n) is 3.79. The van der Waals surface area contributed by atoms with Gasteiger partial charge < -0.3 is 4.42 Å². The first-order valence-corrected chi connectivity index (χ1v) is 7.21. The molecule has 0 fully saturated rings. The quantitative estimate of drug-likeness (QED) is 0.858. The maximum absolute atomic E-state index is 5.31. The summed E-state index contributed by atoms with van der Waals surface area (Å²) in [6.07, 6.45) is 0. The van der Waals surface area contributed by atoms with Crippen molar-refractivity contribution in [2.24, 2.45) is 0 Å². The van der Waals surface area contributed by atoms with Crippen molar-refractivity contribution in [1.82, 2.24) is 10.2 Å². The van der Waals surface area contributed by atoms with E-state index in [4.69, 9.17) is 4.42 Å². The number of aromatic nitrogens is 2. The van der Waals surface area contributed by atoms with Crippen molar-refractivity contribution >= 4 is 27.7 Å². The number of aryl methyl sites for hydroxylation is 2. The Bertz CT molecular complexity index is 513. The van der Waals surface area contributed by atoms with Gasteiger partial charge in [-0.25, -0.2) is 0 Å². The molecule has 0 unspecified atom stereocenters. The van der Waals surface area contributed by atoms with Crippen molar-refractivity contribution in [3.63, 3.8) is 0 Å². The normalized spacial score (nSPS) is 10.8. The number of hydrogen-bond donors (Lipinski definition) is 0. The Labute approximate surface area is 113 Å². The molecule has 0 bridgehead atoms. The smallest absolute Gasteiger partial charge is 0.226 e. The van der Waals surface area contributed by atoms with Crippen molar-refractivity contribution in [3.8, 4) is 0 Å². The van der Waals surface area contributed by atoms with Gasteiger partial charge in [0.05, 0.1) is 5.75 Å². The molecule has 0 N–H and O–H groups in total. The molecule has 1 heterocycles. The van der Waals surface area contributed by atoms with E-state index in [0.29, 0.717) is 11.8 Å². The predicted octanol–water partition coefficient (Wildman–Crippen LogP) is 3.88. The Morgan fingerprint density at radius 3 is 2.71 bits per heavy atom. The van der Waals surface area contributed by atoms with E-state index >= 15 is 0 Å². The Morgan fingerprint density at radius 2 is 2.06 bits per heavy atom. The molecule has 0 saturated carbocycles. The summed E-state index contributed by atoms with van der Waals surface area (Å²) >= 11 is 5.27. The minimum atomic E-state index is 0.625. The van der Waals surface area contributed by atoms with Crippen LogP contribution in [0.2, 0.25) is 0 Å². The summed E-state index contributed by atoms with van der Waals surface area (Å²) in [5.41, 5.74) is 2.57. The van der Waals surface area contributed by atoms with Gasteiger partial charge in [0.1, 0.15) is 0 Å². The summed E-state index contributed by atoms with van der Waals surface area (Å²) in [7, 11) is 0. The van der Waals surface area contributed by atoms with Crippen molar-refractivity contribution in [2.75, 3.05) is 0 Å². The van der Waals surface area contributed by atoms with Crippen molar-refractivity contribution in [1.29, 1.82) is 0 Å². The number of rotatable bonds is 4. The molecule has 1 aromatic carbocycles. The summed E-state index contributed by atoms with van der Waals surface area (Å²) < 4.78 is 6.47. The summed E-state index contributed by atoms with van der Waals surface area (Å²) in [6.45, 7) is 3.90. The molecule has 0 aliphatic carbocycles. The van der Waals surface area contributed by atoms with Gasteiger partial charge in [0.15, 0.2) is 0 Å². The van der Waals surface area contributed by atoms with Gasteiger partial charge >= 0.3 is 0 Å². The molecule has 0 spiro atoms. The topological polar surface area (TPSA) is 38.9 Å². The van der Waals surface area contributed by atoms with Crippen LogP contribution in [0.25, 0.3) is 0 Å².